The Hall–Kier alpha value is -3.67. The monoisotopic (exact) mass is 454 g/mol. The number of carbonyl (C=O) groups is 2. The van der Waals surface area contributed by atoms with Crippen LogP contribution >= 0.6 is 0 Å². The second-order valence-corrected chi connectivity index (χ2v) is 9.98. The van der Waals surface area contributed by atoms with Crippen LogP contribution in [0.4, 0.5) is 17.1 Å². The molecule has 2 aliphatic rings. The Morgan fingerprint density at radius 2 is 1.94 bits per heavy atom. The Morgan fingerprint density at radius 1 is 1.09 bits per heavy atom. The maximum Gasteiger partial charge on any atom is 0.232 e. The van der Waals surface area contributed by atoms with Crippen LogP contribution in [0, 0.1) is 5.92 Å². The fourth-order valence-electron chi connectivity index (χ4n) is 5.13. The van der Waals surface area contributed by atoms with Crippen LogP contribution in [0.25, 0.3) is 0 Å². The second kappa shape index (κ2) is 8.60. The number of rotatable bonds is 5. The van der Waals surface area contributed by atoms with Crippen molar-refractivity contribution < 1.29 is 9.59 Å². The van der Waals surface area contributed by atoms with Crippen molar-refractivity contribution in [3.63, 3.8) is 0 Å². The van der Waals surface area contributed by atoms with Gasteiger partial charge in [-0.3, -0.25) is 14.6 Å². The number of amides is 2. The van der Waals surface area contributed by atoms with E-state index in [4.69, 9.17) is 5.73 Å². The Labute approximate surface area is 200 Å². The number of nitrogen functional groups attached to an aromatic ring is 1. The second-order valence-electron chi connectivity index (χ2n) is 9.98. The van der Waals surface area contributed by atoms with E-state index in [1.807, 2.05) is 41.4 Å². The number of nitrogens with zero attached hydrogens (tertiary/aromatic N) is 3. The van der Waals surface area contributed by atoms with Gasteiger partial charge in [-0.05, 0) is 60.4 Å². The molecule has 2 aliphatic heterocycles. The standard InChI is InChI=1S/C28H30N4O2/c1-28(2)18-32(25-12-10-19(14-24(25)28)9-11-22-7-3-4-13-30-22)27(34)20-15-26(33)31(17-20)23-8-5-6-21(29)16-23/h3-8,10,12-14,16,20H,9,11,15,17-18,29H2,1-2H3. The fraction of sp³-hybridized carbons (Fsp3) is 0.321. The van der Waals surface area contributed by atoms with Gasteiger partial charge in [-0.25, -0.2) is 0 Å². The summed E-state index contributed by atoms with van der Waals surface area (Å²) >= 11 is 0. The van der Waals surface area contributed by atoms with Gasteiger partial charge < -0.3 is 15.5 Å². The molecule has 34 heavy (non-hydrogen) atoms. The van der Waals surface area contributed by atoms with Crippen LogP contribution in [0.3, 0.4) is 0 Å². The largest absolute Gasteiger partial charge is 0.399 e. The van der Waals surface area contributed by atoms with Crippen molar-refractivity contribution >= 4 is 28.9 Å². The Kier molecular flexibility index (Phi) is 5.60. The van der Waals surface area contributed by atoms with Gasteiger partial charge in [0.25, 0.3) is 0 Å². The first-order valence-electron chi connectivity index (χ1n) is 11.8. The number of pyridine rings is 1. The topological polar surface area (TPSA) is 79.5 Å². The molecule has 1 saturated heterocycles. The molecule has 0 spiro atoms. The highest BCUT2D eigenvalue weighted by Crippen LogP contribution is 2.42. The van der Waals surface area contributed by atoms with Crippen LogP contribution in [0.15, 0.2) is 66.9 Å². The molecule has 1 atom stereocenters. The van der Waals surface area contributed by atoms with E-state index in [0.29, 0.717) is 18.8 Å². The summed E-state index contributed by atoms with van der Waals surface area (Å²) in [7, 11) is 0. The summed E-state index contributed by atoms with van der Waals surface area (Å²) in [6.45, 7) is 5.37. The molecular formula is C28H30N4O2. The molecule has 0 radical (unpaired) electrons. The van der Waals surface area contributed by atoms with Crippen molar-refractivity contribution in [2.45, 2.75) is 38.5 Å². The number of aromatic nitrogens is 1. The highest BCUT2D eigenvalue weighted by atomic mass is 16.2. The molecule has 0 bridgehead atoms. The summed E-state index contributed by atoms with van der Waals surface area (Å²) < 4.78 is 0. The Bertz CT molecular complexity index is 1240. The van der Waals surface area contributed by atoms with Crippen molar-refractivity contribution in [1.29, 1.82) is 0 Å². The van der Waals surface area contributed by atoms with E-state index in [-0.39, 0.29) is 29.6 Å². The number of hydrogen-bond donors (Lipinski definition) is 1. The lowest BCUT2D eigenvalue weighted by molar-refractivity contribution is -0.124. The molecule has 3 heterocycles. The van der Waals surface area contributed by atoms with E-state index in [0.717, 1.165) is 29.9 Å². The lowest BCUT2D eigenvalue weighted by atomic mass is 9.85. The Morgan fingerprint density at radius 3 is 2.71 bits per heavy atom. The zero-order valence-corrected chi connectivity index (χ0v) is 19.7. The SMILES string of the molecule is CC1(C)CN(C(=O)C2CC(=O)N(c3cccc(N)c3)C2)c2ccc(CCc3ccccn3)cc21. The molecule has 2 amide bonds. The van der Waals surface area contributed by atoms with Crippen LogP contribution in [-0.4, -0.2) is 29.9 Å². The van der Waals surface area contributed by atoms with E-state index < -0.39 is 0 Å². The van der Waals surface area contributed by atoms with E-state index in [1.165, 1.54) is 11.1 Å². The van der Waals surface area contributed by atoms with Gasteiger partial charge in [-0.1, -0.05) is 38.1 Å². The van der Waals surface area contributed by atoms with Crippen molar-refractivity contribution in [3.05, 3.63) is 83.7 Å². The number of hydrogen-bond acceptors (Lipinski definition) is 4. The van der Waals surface area contributed by atoms with E-state index >= 15 is 0 Å². The van der Waals surface area contributed by atoms with Gasteiger partial charge in [0.2, 0.25) is 11.8 Å². The lowest BCUT2D eigenvalue weighted by Crippen LogP contribution is -2.39. The minimum absolute atomic E-state index is 0.0211. The summed E-state index contributed by atoms with van der Waals surface area (Å²) in [6.07, 6.45) is 3.83. The van der Waals surface area contributed by atoms with Crippen LogP contribution in [-0.2, 0) is 27.8 Å². The summed E-state index contributed by atoms with van der Waals surface area (Å²) in [4.78, 5) is 34.3. The van der Waals surface area contributed by atoms with Crippen LogP contribution in [0.1, 0.15) is 37.1 Å². The van der Waals surface area contributed by atoms with Gasteiger partial charge in [0.1, 0.15) is 0 Å². The van der Waals surface area contributed by atoms with Gasteiger partial charge in [0.05, 0.1) is 5.92 Å². The van der Waals surface area contributed by atoms with Crippen molar-refractivity contribution in [2.24, 2.45) is 5.92 Å². The van der Waals surface area contributed by atoms with Crippen molar-refractivity contribution in [2.75, 3.05) is 28.6 Å². The predicted octanol–water partition coefficient (Wildman–Crippen LogP) is 4.13. The third-order valence-electron chi connectivity index (χ3n) is 6.95. The van der Waals surface area contributed by atoms with Crippen molar-refractivity contribution in [3.8, 4) is 0 Å². The molecule has 0 aliphatic carbocycles. The first-order chi connectivity index (χ1) is 16.3. The molecule has 2 N–H and O–H groups in total. The molecule has 6 heteroatoms. The number of nitrogens with two attached hydrogens (primary N) is 1. The number of fused-ring (bicyclic) bond motifs is 1. The predicted molar refractivity (Wildman–Crippen MR) is 135 cm³/mol. The number of aryl methyl sites for hydroxylation is 2. The summed E-state index contributed by atoms with van der Waals surface area (Å²) in [5.41, 5.74) is 11.6. The first kappa shape index (κ1) is 22.1. The highest BCUT2D eigenvalue weighted by Gasteiger charge is 2.43. The van der Waals surface area contributed by atoms with E-state index in [2.05, 4.69) is 37.0 Å². The molecule has 2 aromatic carbocycles. The maximum absolute atomic E-state index is 13.6. The normalized spacial score (nSPS) is 18.9. The number of carbonyl (C=O) groups excluding carboxylic acids is 2. The molecule has 0 saturated carbocycles. The zero-order chi connectivity index (χ0) is 23.9. The molecular weight excluding hydrogens is 424 g/mol. The molecule has 3 aromatic rings. The van der Waals surface area contributed by atoms with Crippen LogP contribution < -0.4 is 15.5 Å². The van der Waals surface area contributed by atoms with Gasteiger partial charge in [-0.2, -0.15) is 0 Å². The Balaban J connectivity index is 1.33. The third-order valence-corrected chi connectivity index (χ3v) is 6.95. The fourth-order valence-corrected chi connectivity index (χ4v) is 5.13. The number of anilines is 3. The van der Waals surface area contributed by atoms with E-state index in [1.54, 1.807) is 17.0 Å². The van der Waals surface area contributed by atoms with Crippen LogP contribution in [0.2, 0.25) is 0 Å². The maximum atomic E-state index is 13.6. The molecule has 1 fully saturated rings. The highest BCUT2D eigenvalue weighted by molar-refractivity contribution is 6.05. The molecule has 5 rings (SSSR count). The first-order valence-corrected chi connectivity index (χ1v) is 11.8. The smallest absolute Gasteiger partial charge is 0.232 e. The molecule has 174 valence electrons. The lowest BCUT2D eigenvalue weighted by Gasteiger charge is -2.23. The molecule has 6 nitrogen and oxygen atoms in total. The van der Waals surface area contributed by atoms with Gasteiger partial charge in [0.15, 0.2) is 0 Å². The average molecular weight is 455 g/mol. The van der Waals surface area contributed by atoms with E-state index in [9.17, 15) is 9.59 Å². The van der Waals surface area contributed by atoms with Crippen LogP contribution in [0.5, 0.6) is 0 Å². The van der Waals surface area contributed by atoms with Gasteiger partial charge in [-0.15, -0.1) is 0 Å². The molecule has 1 unspecified atom stereocenters. The minimum atomic E-state index is -0.362. The number of benzene rings is 2. The van der Waals surface area contributed by atoms with Gasteiger partial charge in [0, 0.05) is 53.9 Å². The summed E-state index contributed by atoms with van der Waals surface area (Å²) in [5, 5.41) is 0. The van der Waals surface area contributed by atoms with Crippen molar-refractivity contribution in [1.82, 2.24) is 4.98 Å². The summed E-state index contributed by atoms with van der Waals surface area (Å²) in [5.74, 6) is -0.375. The van der Waals surface area contributed by atoms with Gasteiger partial charge >= 0.3 is 0 Å². The summed E-state index contributed by atoms with van der Waals surface area (Å²) in [6, 6.07) is 19.7. The minimum Gasteiger partial charge on any atom is -0.399 e. The molecule has 1 aromatic heterocycles. The average Bonchev–Trinajstić information content (AvgIpc) is 3.35. The quantitative estimate of drug-likeness (QED) is 0.588. The zero-order valence-electron chi connectivity index (χ0n) is 19.7. The third kappa shape index (κ3) is 4.16.